The minimum atomic E-state index is -0.563. The summed E-state index contributed by atoms with van der Waals surface area (Å²) in [6.45, 7) is 6.12. The maximum atomic E-state index is 12.4. The number of hydrogen-bond donors (Lipinski definition) is 0. The molecular formula is C21H27N3O5. The van der Waals surface area contributed by atoms with Crippen LogP contribution in [0.25, 0.3) is 0 Å². The zero-order valence-electron chi connectivity index (χ0n) is 17.1. The second-order valence-corrected chi connectivity index (χ2v) is 7.82. The van der Waals surface area contributed by atoms with Crippen LogP contribution in [0.3, 0.4) is 0 Å². The summed E-state index contributed by atoms with van der Waals surface area (Å²) in [4.78, 5) is 39.0. The maximum Gasteiger partial charge on any atom is 0.332 e. The van der Waals surface area contributed by atoms with Crippen molar-refractivity contribution in [1.29, 1.82) is 5.26 Å². The number of ether oxygens (including phenoxy) is 2. The Hall–Kier alpha value is -2.92. The zero-order chi connectivity index (χ0) is 21.4. The van der Waals surface area contributed by atoms with Crippen LogP contribution in [0.1, 0.15) is 40.0 Å². The molecule has 8 nitrogen and oxygen atoms in total. The van der Waals surface area contributed by atoms with E-state index in [0.717, 1.165) is 4.90 Å². The van der Waals surface area contributed by atoms with Crippen LogP contribution < -0.4 is 4.90 Å². The van der Waals surface area contributed by atoms with Crippen LogP contribution >= 0.6 is 0 Å². The van der Waals surface area contributed by atoms with Crippen LogP contribution in [0, 0.1) is 11.5 Å². The summed E-state index contributed by atoms with van der Waals surface area (Å²) in [5.74, 6) is -1.30. The van der Waals surface area contributed by atoms with Crippen molar-refractivity contribution in [2.75, 3.05) is 24.6 Å². The van der Waals surface area contributed by atoms with Crippen molar-refractivity contribution in [3.63, 3.8) is 0 Å². The van der Waals surface area contributed by atoms with Gasteiger partial charge in [0, 0.05) is 13.1 Å². The highest BCUT2D eigenvalue weighted by atomic mass is 16.6. The second kappa shape index (κ2) is 10.0. The van der Waals surface area contributed by atoms with Gasteiger partial charge in [0.05, 0.1) is 11.8 Å². The van der Waals surface area contributed by atoms with Crippen molar-refractivity contribution in [3.8, 4) is 6.19 Å². The van der Waals surface area contributed by atoms with E-state index >= 15 is 0 Å². The second-order valence-electron chi connectivity index (χ2n) is 7.82. The van der Waals surface area contributed by atoms with E-state index in [9.17, 15) is 19.6 Å². The Balaban J connectivity index is 1.77. The lowest BCUT2D eigenvalue weighted by atomic mass is 10.1. The number of benzene rings is 1. The molecule has 0 spiro atoms. The van der Waals surface area contributed by atoms with E-state index in [1.807, 2.05) is 6.19 Å². The van der Waals surface area contributed by atoms with Crippen LogP contribution in [0.15, 0.2) is 30.3 Å². The van der Waals surface area contributed by atoms with Crippen LogP contribution in [0.4, 0.5) is 5.69 Å². The molecule has 156 valence electrons. The third-order valence-corrected chi connectivity index (χ3v) is 4.32. The average molecular weight is 401 g/mol. The molecule has 1 fully saturated rings. The van der Waals surface area contributed by atoms with Gasteiger partial charge >= 0.3 is 5.97 Å². The molecule has 0 aliphatic carbocycles. The van der Waals surface area contributed by atoms with Crippen LogP contribution in [-0.2, 0) is 23.9 Å². The number of esters is 1. The molecule has 1 saturated heterocycles. The molecule has 2 rings (SSSR count). The molecular weight excluding hydrogens is 374 g/mol. The molecule has 1 aromatic carbocycles. The Morgan fingerprint density at radius 3 is 2.34 bits per heavy atom. The molecule has 2 amide bonds. The lowest BCUT2D eigenvalue weighted by Gasteiger charge is -2.32. The number of carbonyl (C=O) groups excluding carboxylic acids is 3. The number of carbonyl (C=O) groups is 3. The van der Waals surface area contributed by atoms with Gasteiger partial charge in [-0.2, -0.15) is 5.26 Å². The Morgan fingerprint density at radius 1 is 1.17 bits per heavy atom. The van der Waals surface area contributed by atoms with Crippen molar-refractivity contribution in [2.24, 2.45) is 0 Å². The van der Waals surface area contributed by atoms with Crippen LogP contribution in [0.5, 0.6) is 0 Å². The van der Waals surface area contributed by atoms with E-state index in [1.54, 1.807) is 56.0 Å². The fourth-order valence-corrected chi connectivity index (χ4v) is 2.98. The number of para-hydroxylation sites is 1. The molecule has 0 N–H and O–H groups in total. The predicted octanol–water partition coefficient (Wildman–Crippen LogP) is 2.24. The minimum Gasteiger partial charge on any atom is -0.458 e. The van der Waals surface area contributed by atoms with E-state index in [-0.39, 0.29) is 25.0 Å². The topological polar surface area (TPSA) is 99.9 Å². The molecule has 1 aliphatic heterocycles. The summed E-state index contributed by atoms with van der Waals surface area (Å²) in [6, 6.07) is 8.50. The normalized spacial score (nSPS) is 14.8. The summed E-state index contributed by atoms with van der Waals surface area (Å²) in [6.07, 6.45) is 2.47. The fourth-order valence-electron chi connectivity index (χ4n) is 2.98. The Bertz CT molecular complexity index is 759. The first kappa shape index (κ1) is 22.4. The van der Waals surface area contributed by atoms with Gasteiger partial charge in [-0.25, -0.2) is 9.69 Å². The van der Waals surface area contributed by atoms with Gasteiger partial charge in [-0.1, -0.05) is 18.2 Å². The molecule has 0 saturated carbocycles. The first-order valence-electron chi connectivity index (χ1n) is 9.58. The van der Waals surface area contributed by atoms with E-state index in [4.69, 9.17) is 9.47 Å². The predicted molar refractivity (Wildman–Crippen MR) is 106 cm³/mol. The summed E-state index contributed by atoms with van der Waals surface area (Å²) in [7, 11) is 0. The van der Waals surface area contributed by atoms with E-state index in [0.29, 0.717) is 31.6 Å². The number of nitrogens with zero attached hydrogens (tertiary/aromatic N) is 3. The highest BCUT2D eigenvalue weighted by Crippen LogP contribution is 2.17. The lowest BCUT2D eigenvalue weighted by molar-refractivity contribution is -0.163. The lowest BCUT2D eigenvalue weighted by Crippen LogP contribution is -2.43. The zero-order valence-corrected chi connectivity index (χ0v) is 17.1. The van der Waals surface area contributed by atoms with Gasteiger partial charge in [-0.3, -0.25) is 9.59 Å². The quantitative estimate of drug-likeness (QED) is 0.314. The van der Waals surface area contributed by atoms with Crippen LogP contribution in [-0.4, -0.2) is 54.1 Å². The molecule has 1 aromatic rings. The monoisotopic (exact) mass is 401 g/mol. The average Bonchev–Trinajstić information content (AvgIpc) is 2.67. The first-order chi connectivity index (χ1) is 13.7. The number of likely N-dealkylation sites (tertiary alicyclic amines) is 1. The third-order valence-electron chi connectivity index (χ3n) is 4.32. The largest absolute Gasteiger partial charge is 0.458 e. The number of nitriles is 1. The Labute approximate surface area is 171 Å². The first-order valence-corrected chi connectivity index (χ1v) is 9.58. The van der Waals surface area contributed by atoms with Gasteiger partial charge in [0.15, 0.2) is 6.19 Å². The highest BCUT2D eigenvalue weighted by Gasteiger charge is 2.27. The van der Waals surface area contributed by atoms with Crippen molar-refractivity contribution >= 4 is 23.5 Å². The molecule has 0 unspecified atom stereocenters. The molecule has 0 radical (unpaired) electrons. The molecule has 8 heteroatoms. The van der Waals surface area contributed by atoms with Gasteiger partial charge in [-0.05, 0) is 45.7 Å². The Morgan fingerprint density at radius 2 is 1.79 bits per heavy atom. The van der Waals surface area contributed by atoms with E-state index < -0.39 is 17.5 Å². The number of rotatable bonds is 6. The summed E-state index contributed by atoms with van der Waals surface area (Å²) in [5.41, 5.74) is -0.123. The molecule has 29 heavy (non-hydrogen) atoms. The maximum absolute atomic E-state index is 12.4. The number of anilines is 1. The molecule has 0 bridgehead atoms. The summed E-state index contributed by atoms with van der Waals surface area (Å²) >= 11 is 0. The van der Waals surface area contributed by atoms with Gasteiger partial charge < -0.3 is 14.4 Å². The van der Waals surface area contributed by atoms with E-state index in [1.165, 1.54) is 0 Å². The number of amides is 2. The molecule has 1 aliphatic rings. The minimum absolute atomic E-state index is 0.122. The van der Waals surface area contributed by atoms with Crippen LogP contribution in [0.2, 0.25) is 0 Å². The Kier molecular flexibility index (Phi) is 7.74. The van der Waals surface area contributed by atoms with Gasteiger partial charge in [0.1, 0.15) is 18.6 Å². The third kappa shape index (κ3) is 7.20. The SMILES string of the molecule is CC(C)(C)OC(=O)COC1CCN(C(=O)CC(=O)N(C#N)c2ccccc2)CC1. The van der Waals surface area contributed by atoms with Gasteiger partial charge in [0.25, 0.3) is 0 Å². The molecule has 1 heterocycles. The van der Waals surface area contributed by atoms with E-state index in [2.05, 4.69) is 0 Å². The number of piperidine rings is 1. The highest BCUT2D eigenvalue weighted by molar-refractivity contribution is 6.06. The molecule has 0 atom stereocenters. The smallest absolute Gasteiger partial charge is 0.332 e. The summed E-state index contributed by atoms with van der Waals surface area (Å²) < 4.78 is 10.8. The van der Waals surface area contributed by atoms with Crippen molar-refractivity contribution in [2.45, 2.75) is 51.7 Å². The fraction of sp³-hybridized carbons (Fsp3) is 0.524. The standard InChI is InChI=1S/C21H27N3O5/c1-21(2,3)29-20(27)14-28-17-9-11-23(12-10-17)18(25)13-19(26)24(15-22)16-7-5-4-6-8-16/h4-8,17H,9-14H2,1-3H3. The van der Waals surface area contributed by atoms with Gasteiger partial charge in [-0.15, -0.1) is 0 Å². The molecule has 0 aromatic heterocycles. The number of hydrogen-bond acceptors (Lipinski definition) is 6. The van der Waals surface area contributed by atoms with Crippen molar-refractivity contribution in [3.05, 3.63) is 30.3 Å². The van der Waals surface area contributed by atoms with Crippen molar-refractivity contribution in [1.82, 2.24) is 4.90 Å². The summed E-state index contributed by atoms with van der Waals surface area (Å²) in [5, 5.41) is 9.26. The van der Waals surface area contributed by atoms with Gasteiger partial charge in [0.2, 0.25) is 11.8 Å². The van der Waals surface area contributed by atoms with Crippen molar-refractivity contribution < 1.29 is 23.9 Å².